The Morgan fingerprint density at radius 2 is 1.81 bits per heavy atom. The number of rotatable bonds is 9. The van der Waals surface area contributed by atoms with Gasteiger partial charge >= 0.3 is 0 Å². The molecule has 1 aromatic rings. The van der Waals surface area contributed by atoms with Gasteiger partial charge in [-0.2, -0.15) is 10.2 Å². The van der Waals surface area contributed by atoms with Crippen molar-refractivity contribution < 1.29 is 4.79 Å². The van der Waals surface area contributed by atoms with Crippen LogP contribution in [0.2, 0.25) is 0 Å². The summed E-state index contributed by atoms with van der Waals surface area (Å²) in [7, 11) is 0. The fourth-order valence-corrected chi connectivity index (χ4v) is 3.41. The van der Waals surface area contributed by atoms with E-state index in [1.807, 2.05) is 0 Å². The molecule has 0 aromatic heterocycles. The summed E-state index contributed by atoms with van der Waals surface area (Å²) < 4.78 is 0. The van der Waals surface area contributed by atoms with Gasteiger partial charge in [-0.25, -0.2) is 0 Å². The molecule has 3 rings (SSSR count). The van der Waals surface area contributed by atoms with Crippen LogP contribution < -0.4 is 5.32 Å². The first kappa shape index (κ1) is 18.6. The predicted octanol–water partition coefficient (Wildman–Crippen LogP) is 3.64. The van der Waals surface area contributed by atoms with Crippen molar-refractivity contribution in [3.63, 3.8) is 0 Å². The summed E-state index contributed by atoms with van der Waals surface area (Å²) in [4.78, 5) is 14.6. The average molecular weight is 352 g/mol. The molecule has 0 saturated carbocycles. The van der Waals surface area contributed by atoms with Crippen molar-refractivity contribution in [3.8, 4) is 12.3 Å². The monoisotopic (exact) mass is 352 g/mol. The maximum Gasteiger partial charge on any atom is 0.220 e. The summed E-state index contributed by atoms with van der Waals surface area (Å²) in [6.45, 7) is 4.01. The zero-order valence-corrected chi connectivity index (χ0v) is 15.4. The SMILES string of the molecule is C#CCCC1(CCC(=O)NCc2ccc(CN3CCCCC3)cc2)N=N1. The van der Waals surface area contributed by atoms with Crippen LogP contribution >= 0.6 is 0 Å². The van der Waals surface area contributed by atoms with E-state index in [4.69, 9.17) is 6.42 Å². The minimum absolute atomic E-state index is 0.0415. The van der Waals surface area contributed by atoms with Crippen LogP contribution in [0.3, 0.4) is 0 Å². The summed E-state index contributed by atoms with van der Waals surface area (Å²) in [6.07, 6.45) is 11.8. The number of carbonyl (C=O) groups is 1. The average Bonchev–Trinajstić information content (AvgIpc) is 3.45. The highest BCUT2D eigenvalue weighted by molar-refractivity contribution is 5.76. The molecule has 0 radical (unpaired) electrons. The van der Waals surface area contributed by atoms with Crippen LogP contribution in [0.15, 0.2) is 34.5 Å². The Morgan fingerprint density at radius 3 is 2.46 bits per heavy atom. The summed E-state index contributed by atoms with van der Waals surface area (Å²) in [5.74, 6) is 2.65. The molecule has 138 valence electrons. The highest BCUT2D eigenvalue weighted by Gasteiger charge is 2.39. The van der Waals surface area contributed by atoms with Crippen molar-refractivity contribution in [3.05, 3.63) is 35.4 Å². The van der Waals surface area contributed by atoms with Crippen molar-refractivity contribution in [2.75, 3.05) is 13.1 Å². The Labute approximate surface area is 156 Å². The number of benzene rings is 1. The standard InChI is InChI=1S/C21H28N4O/c1-2-3-12-21(23-24-21)13-11-20(26)22-16-18-7-9-19(10-8-18)17-25-14-5-4-6-15-25/h1,7-10H,3-6,11-17H2,(H,22,26). The summed E-state index contributed by atoms with van der Waals surface area (Å²) in [5, 5.41) is 11.1. The van der Waals surface area contributed by atoms with Crippen LogP contribution in [0.5, 0.6) is 0 Å². The van der Waals surface area contributed by atoms with Crippen molar-refractivity contribution in [1.82, 2.24) is 10.2 Å². The number of piperidine rings is 1. The maximum absolute atomic E-state index is 12.1. The normalized spacial score (nSPS) is 18.3. The molecule has 2 aliphatic rings. The molecule has 2 heterocycles. The molecule has 26 heavy (non-hydrogen) atoms. The lowest BCUT2D eigenvalue weighted by molar-refractivity contribution is -0.121. The Balaban J connectivity index is 1.36. The van der Waals surface area contributed by atoms with E-state index in [1.54, 1.807) is 0 Å². The fraction of sp³-hybridized carbons (Fsp3) is 0.571. The third-order valence-electron chi connectivity index (χ3n) is 5.17. The van der Waals surface area contributed by atoms with E-state index in [1.165, 1.54) is 37.9 Å². The minimum Gasteiger partial charge on any atom is -0.352 e. The topological polar surface area (TPSA) is 57.1 Å². The second-order valence-corrected chi connectivity index (χ2v) is 7.32. The van der Waals surface area contributed by atoms with Gasteiger partial charge in [0.2, 0.25) is 5.91 Å². The number of nitrogens with zero attached hydrogens (tertiary/aromatic N) is 3. The molecule has 5 heteroatoms. The van der Waals surface area contributed by atoms with Crippen LogP contribution in [0.4, 0.5) is 0 Å². The molecule has 1 aromatic carbocycles. The van der Waals surface area contributed by atoms with Crippen molar-refractivity contribution in [2.45, 2.75) is 63.7 Å². The van der Waals surface area contributed by atoms with Crippen molar-refractivity contribution in [2.24, 2.45) is 10.2 Å². The van der Waals surface area contributed by atoms with E-state index >= 15 is 0 Å². The van der Waals surface area contributed by atoms with Crippen LogP contribution in [-0.4, -0.2) is 29.6 Å². The van der Waals surface area contributed by atoms with E-state index in [-0.39, 0.29) is 11.6 Å². The second-order valence-electron chi connectivity index (χ2n) is 7.32. The highest BCUT2D eigenvalue weighted by atomic mass is 16.1. The summed E-state index contributed by atoms with van der Waals surface area (Å²) in [5.41, 5.74) is 2.10. The highest BCUT2D eigenvalue weighted by Crippen LogP contribution is 2.37. The molecule has 0 aliphatic carbocycles. The van der Waals surface area contributed by atoms with Crippen molar-refractivity contribution in [1.29, 1.82) is 0 Å². The Morgan fingerprint density at radius 1 is 1.12 bits per heavy atom. The minimum atomic E-state index is -0.375. The largest absolute Gasteiger partial charge is 0.352 e. The smallest absolute Gasteiger partial charge is 0.220 e. The number of hydrogen-bond donors (Lipinski definition) is 1. The van der Waals surface area contributed by atoms with Gasteiger partial charge in [-0.15, -0.1) is 12.3 Å². The van der Waals surface area contributed by atoms with Crippen LogP contribution in [0.1, 0.15) is 56.1 Å². The number of nitrogens with one attached hydrogen (secondary N) is 1. The fourth-order valence-electron chi connectivity index (χ4n) is 3.41. The number of hydrogen-bond acceptors (Lipinski definition) is 4. The van der Waals surface area contributed by atoms with E-state index in [9.17, 15) is 4.79 Å². The first-order chi connectivity index (χ1) is 12.7. The number of amides is 1. The summed E-state index contributed by atoms with van der Waals surface area (Å²) in [6, 6.07) is 8.57. The van der Waals surface area contributed by atoms with Gasteiger partial charge in [0, 0.05) is 38.8 Å². The molecule has 0 bridgehead atoms. The van der Waals surface area contributed by atoms with Crippen LogP contribution in [0, 0.1) is 12.3 Å². The molecule has 1 saturated heterocycles. The molecule has 0 atom stereocenters. The molecular formula is C21H28N4O. The lowest BCUT2D eigenvalue weighted by atomic mass is 10.0. The molecular weight excluding hydrogens is 324 g/mol. The Kier molecular flexibility index (Phi) is 6.40. The number of carbonyl (C=O) groups excluding carboxylic acids is 1. The Hall–Kier alpha value is -2.19. The molecule has 1 N–H and O–H groups in total. The quantitative estimate of drug-likeness (QED) is 0.690. The van der Waals surface area contributed by atoms with E-state index in [2.05, 4.69) is 50.6 Å². The molecule has 5 nitrogen and oxygen atoms in total. The molecule has 0 unspecified atom stereocenters. The molecule has 1 fully saturated rings. The third-order valence-corrected chi connectivity index (χ3v) is 5.17. The first-order valence-electron chi connectivity index (χ1n) is 9.63. The van der Waals surface area contributed by atoms with E-state index in [0.717, 1.165) is 18.5 Å². The Bertz CT molecular complexity index is 662. The van der Waals surface area contributed by atoms with Gasteiger partial charge < -0.3 is 5.32 Å². The van der Waals surface area contributed by atoms with Crippen LogP contribution in [0.25, 0.3) is 0 Å². The zero-order valence-electron chi connectivity index (χ0n) is 15.4. The molecule has 0 spiro atoms. The van der Waals surface area contributed by atoms with Gasteiger partial charge in [0.1, 0.15) is 0 Å². The number of terminal acetylenes is 1. The van der Waals surface area contributed by atoms with E-state index in [0.29, 0.717) is 25.8 Å². The first-order valence-corrected chi connectivity index (χ1v) is 9.63. The van der Waals surface area contributed by atoms with Crippen molar-refractivity contribution >= 4 is 5.91 Å². The second kappa shape index (κ2) is 8.95. The lowest BCUT2D eigenvalue weighted by Crippen LogP contribution is -2.29. The lowest BCUT2D eigenvalue weighted by Gasteiger charge is -2.26. The van der Waals surface area contributed by atoms with Gasteiger partial charge in [-0.1, -0.05) is 30.7 Å². The molecule has 1 amide bonds. The van der Waals surface area contributed by atoms with Gasteiger partial charge in [0.05, 0.1) is 0 Å². The third kappa shape index (κ3) is 5.67. The number of likely N-dealkylation sites (tertiary alicyclic amines) is 1. The van der Waals surface area contributed by atoms with E-state index < -0.39 is 0 Å². The van der Waals surface area contributed by atoms with Gasteiger partial charge in [0.15, 0.2) is 5.66 Å². The maximum atomic E-state index is 12.1. The van der Waals surface area contributed by atoms with Gasteiger partial charge in [0.25, 0.3) is 0 Å². The summed E-state index contributed by atoms with van der Waals surface area (Å²) >= 11 is 0. The van der Waals surface area contributed by atoms with Gasteiger partial charge in [-0.05, 0) is 37.1 Å². The predicted molar refractivity (Wildman–Crippen MR) is 102 cm³/mol. The van der Waals surface area contributed by atoms with Gasteiger partial charge in [-0.3, -0.25) is 9.69 Å². The van der Waals surface area contributed by atoms with Crippen LogP contribution in [-0.2, 0) is 17.9 Å². The molecule has 2 aliphatic heterocycles. The zero-order chi connectivity index (χ0) is 18.2.